The molecule has 0 aliphatic carbocycles. The minimum absolute atomic E-state index is 0.154. The van der Waals surface area contributed by atoms with Crippen LogP contribution in [0.25, 0.3) is 0 Å². The fraction of sp³-hybridized carbons (Fsp3) is 0.600. The highest BCUT2D eigenvalue weighted by atomic mass is 16.5. The first-order valence-corrected chi connectivity index (χ1v) is 5.08. The number of aromatic nitrogens is 1. The number of amides is 1. The Hall–Kier alpha value is -1.36. The lowest BCUT2D eigenvalue weighted by atomic mass is 10.2. The summed E-state index contributed by atoms with van der Waals surface area (Å²) in [4.78, 5) is 11.6. The summed E-state index contributed by atoms with van der Waals surface area (Å²) in [6.45, 7) is 3.13. The molecule has 5 heteroatoms. The summed E-state index contributed by atoms with van der Waals surface area (Å²) in [5.74, 6) is -0.197. The Morgan fingerprint density at radius 1 is 1.73 bits per heavy atom. The van der Waals surface area contributed by atoms with Crippen LogP contribution in [0.3, 0.4) is 0 Å². The normalized spacial score (nSPS) is 20.5. The molecule has 0 bridgehead atoms. The first-order valence-electron chi connectivity index (χ1n) is 5.08. The SMILES string of the molecule is Cc1conc1C(=O)NCC1CCCO1. The van der Waals surface area contributed by atoms with E-state index in [1.165, 1.54) is 6.26 Å². The molecule has 1 N–H and O–H groups in total. The van der Waals surface area contributed by atoms with Crippen LogP contribution >= 0.6 is 0 Å². The molecule has 1 unspecified atom stereocenters. The zero-order valence-corrected chi connectivity index (χ0v) is 8.66. The third-order valence-corrected chi connectivity index (χ3v) is 2.48. The Bertz CT molecular complexity index is 342. The van der Waals surface area contributed by atoms with E-state index < -0.39 is 0 Å². The average Bonchev–Trinajstić information content (AvgIpc) is 2.84. The maximum atomic E-state index is 11.6. The van der Waals surface area contributed by atoms with Gasteiger partial charge >= 0.3 is 0 Å². The number of hydrogen-bond donors (Lipinski definition) is 1. The Kier molecular flexibility index (Phi) is 3.01. The molecule has 0 saturated carbocycles. The molecule has 5 nitrogen and oxygen atoms in total. The van der Waals surface area contributed by atoms with Gasteiger partial charge in [-0.3, -0.25) is 4.79 Å². The molecule has 15 heavy (non-hydrogen) atoms. The van der Waals surface area contributed by atoms with Gasteiger partial charge in [0.2, 0.25) is 0 Å². The first-order chi connectivity index (χ1) is 7.27. The van der Waals surface area contributed by atoms with E-state index in [-0.39, 0.29) is 12.0 Å². The Morgan fingerprint density at radius 3 is 3.20 bits per heavy atom. The average molecular weight is 210 g/mol. The first kappa shape index (κ1) is 10.2. The van der Waals surface area contributed by atoms with Crippen molar-refractivity contribution in [2.24, 2.45) is 0 Å². The number of carbonyl (C=O) groups excluding carboxylic acids is 1. The van der Waals surface area contributed by atoms with Crippen molar-refractivity contribution >= 4 is 5.91 Å². The molecule has 0 aromatic carbocycles. The molecule has 1 aromatic rings. The standard InChI is InChI=1S/C10H14N2O3/c1-7-6-15-12-9(7)10(13)11-5-8-3-2-4-14-8/h6,8H,2-5H2,1H3,(H,11,13). The van der Waals surface area contributed by atoms with Gasteiger partial charge in [0.05, 0.1) is 6.10 Å². The summed E-state index contributed by atoms with van der Waals surface area (Å²) in [5, 5.41) is 6.41. The summed E-state index contributed by atoms with van der Waals surface area (Å²) in [6, 6.07) is 0. The molecule has 1 atom stereocenters. The summed E-state index contributed by atoms with van der Waals surface area (Å²) in [5.41, 5.74) is 1.10. The second kappa shape index (κ2) is 4.44. The molecular weight excluding hydrogens is 196 g/mol. The van der Waals surface area contributed by atoms with E-state index in [4.69, 9.17) is 9.26 Å². The highest BCUT2D eigenvalue weighted by Gasteiger charge is 2.18. The van der Waals surface area contributed by atoms with Crippen molar-refractivity contribution in [3.63, 3.8) is 0 Å². The van der Waals surface area contributed by atoms with E-state index in [1.807, 2.05) is 0 Å². The molecular formula is C10H14N2O3. The van der Waals surface area contributed by atoms with Crippen molar-refractivity contribution in [1.29, 1.82) is 0 Å². The van der Waals surface area contributed by atoms with Crippen LogP contribution in [0.1, 0.15) is 28.9 Å². The topological polar surface area (TPSA) is 64.4 Å². The minimum Gasteiger partial charge on any atom is -0.376 e. The van der Waals surface area contributed by atoms with E-state index in [0.717, 1.165) is 25.0 Å². The van der Waals surface area contributed by atoms with Crippen LogP contribution in [0, 0.1) is 6.92 Å². The lowest BCUT2D eigenvalue weighted by Gasteiger charge is -2.09. The lowest BCUT2D eigenvalue weighted by molar-refractivity contribution is 0.0850. The number of aryl methyl sites for hydroxylation is 1. The highest BCUT2D eigenvalue weighted by Crippen LogP contribution is 2.11. The molecule has 1 amide bonds. The van der Waals surface area contributed by atoms with Crippen molar-refractivity contribution in [3.05, 3.63) is 17.5 Å². The van der Waals surface area contributed by atoms with Gasteiger partial charge in [0.25, 0.3) is 5.91 Å². The van der Waals surface area contributed by atoms with Crippen LogP contribution in [-0.2, 0) is 4.74 Å². The number of nitrogens with zero attached hydrogens (tertiary/aromatic N) is 1. The van der Waals surface area contributed by atoms with Gasteiger partial charge in [-0.15, -0.1) is 0 Å². The quantitative estimate of drug-likeness (QED) is 0.804. The van der Waals surface area contributed by atoms with Crippen LogP contribution in [0.2, 0.25) is 0 Å². The van der Waals surface area contributed by atoms with Crippen molar-refractivity contribution < 1.29 is 14.1 Å². The number of rotatable bonds is 3. The van der Waals surface area contributed by atoms with E-state index in [2.05, 4.69) is 10.5 Å². The number of hydrogen-bond acceptors (Lipinski definition) is 4. The monoisotopic (exact) mass is 210 g/mol. The minimum atomic E-state index is -0.197. The van der Waals surface area contributed by atoms with Gasteiger partial charge in [0.1, 0.15) is 6.26 Å². The largest absolute Gasteiger partial charge is 0.376 e. The summed E-state index contributed by atoms with van der Waals surface area (Å²) < 4.78 is 10.1. The second-order valence-corrected chi connectivity index (χ2v) is 3.69. The summed E-state index contributed by atoms with van der Waals surface area (Å²) in [7, 11) is 0. The highest BCUT2D eigenvalue weighted by molar-refractivity contribution is 5.93. The molecule has 82 valence electrons. The Morgan fingerprint density at radius 2 is 2.60 bits per heavy atom. The predicted molar refractivity (Wildman–Crippen MR) is 52.5 cm³/mol. The third-order valence-electron chi connectivity index (χ3n) is 2.48. The molecule has 2 heterocycles. The van der Waals surface area contributed by atoms with Gasteiger partial charge in [-0.25, -0.2) is 0 Å². The number of ether oxygens (including phenoxy) is 1. The van der Waals surface area contributed by atoms with Crippen LogP contribution < -0.4 is 5.32 Å². The fourth-order valence-electron chi connectivity index (χ4n) is 1.60. The molecule has 0 radical (unpaired) electrons. The smallest absolute Gasteiger partial charge is 0.273 e. The predicted octanol–water partition coefficient (Wildman–Crippen LogP) is 0.892. The molecule has 1 saturated heterocycles. The molecule has 1 aliphatic heterocycles. The van der Waals surface area contributed by atoms with E-state index in [9.17, 15) is 4.79 Å². The van der Waals surface area contributed by atoms with Crippen LogP contribution in [-0.4, -0.2) is 30.3 Å². The van der Waals surface area contributed by atoms with E-state index >= 15 is 0 Å². The maximum Gasteiger partial charge on any atom is 0.273 e. The van der Waals surface area contributed by atoms with Crippen molar-refractivity contribution in [3.8, 4) is 0 Å². The zero-order valence-electron chi connectivity index (χ0n) is 8.66. The van der Waals surface area contributed by atoms with Gasteiger partial charge in [-0.05, 0) is 19.8 Å². The number of nitrogens with one attached hydrogen (secondary N) is 1. The summed E-state index contributed by atoms with van der Waals surface area (Å²) >= 11 is 0. The van der Waals surface area contributed by atoms with Gasteiger partial charge in [-0.1, -0.05) is 5.16 Å². The van der Waals surface area contributed by atoms with Crippen molar-refractivity contribution in [2.75, 3.05) is 13.2 Å². The molecule has 1 fully saturated rings. The molecule has 1 aromatic heterocycles. The van der Waals surface area contributed by atoms with Crippen LogP contribution in [0.4, 0.5) is 0 Å². The van der Waals surface area contributed by atoms with Crippen molar-refractivity contribution in [1.82, 2.24) is 10.5 Å². The lowest BCUT2D eigenvalue weighted by Crippen LogP contribution is -2.32. The third kappa shape index (κ3) is 2.36. The fourth-order valence-corrected chi connectivity index (χ4v) is 1.60. The van der Waals surface area contributed by atoms with Gasteiger partial charge in [0, 0.05) is 18.7 Å². The van der Waals surface area contributed by atoms with Gasteiger partial charge in [-0.2, -0.15) is 0 Å². The zero-order chi connectivity index (χ0) is 10.7. The van der Waals surface area contributed by atoms with Crippen LogP contribution in [0.15, 0.2) is 10.8 Å². The Labute approximate surface area is 87.8 Å². The van der Waals surface area contributed by atoms with E-state index in [1.54, 1.807) is 6.92 Å². The van der Waals surface area contributed by atoms with Crippen molar-refractivity contribution in [2.45, 2.75) is 25.9 Å². The number of carbonyl (C=O) groups is 1. The molecule has 0 spiro atoms. The Balaban J connectivity index is 1.84. The van der Waals surface area contributed by atoms with Gasteiger partial charge < -0.3 is 14.6 Å². The summed E-state index contributed by atoms with van der Waals surface area (Å²) in [6.07, 6.45) is 3.70. The molecule has 2 rings (SSSR count). The van der Waals surface area contributed by atoms with Gasteiger partial charge in [0.15, 0.2) is 5.69 Å². The molecule has 1 aliphatic rings. The van der Waals surface area contributed by atoms with Crippen LogP contribution in [0.5, 0.6) is 0 Å². The van der Waals surface area contributed by atoms with E-state index in [0.29, 0.717) is 12.2 Å². The second-order valence-electron chi connectivity index (χ2n) is 3.69. The maximum absolute atomic E-state index is 11.6.